The van der Waals surface area contributed by atoms with E-state index in [1.165, 1.54) is 22.4 Å². The van der Waals surface area contributed by atoms with E-state index in [0.717, 1.165) is 12.1 Å². The Bertz CT molecular complexity index is 794. The quantitative estimate of drug-likeness (QED) is 0.522. The average Bonchev–Trinajstić information content (AvgIpc) is 2.84. The van der Waals surface area contributed by atoms with Crippen molar-refractivity contribution in [2.75, 3.05) is 0 Å². The molecule has 3 aromatic rings. The van der Waals surface area contributed by atoms with Crippen molar-refractivity contribution in [3.63, 3.8) is 0 Å². The highest BCUT2D eigenvalue weighted by Crippen LogP contribution is 2.27. The van der Waals surface area contributed by atoms with Gasteiger partial charge in [0.25, 0.3) is 0 Å². The second kappa shape index (κ2) is 4.20. The Morgan fingerprint density at radius 1 is 0.850 bits per heavy atom. The smallest absolute Gasteiger partial charge is 0.214 e. The minimum Gasteiger partial charge on any atom is -0.508 e. The summed E-state index contributed by atoms with van der Waals surface area (Å²) in [5.74, 6) is 0.334. The van der Waals surface area contributed by atoms with Gasteiger partial charge in [0, 0.05) is 23.8 Å². The van der Waals surface area contributed by atoms with Crippen LogP contribution in [0.2, 0.25) is 0 Å². The second-order valence-corrected chi connectivity index (χ2v) is 5.13. The van der Waals surface area contributed by atoms with Crippen molar-refractivity contribution in [3.8, 4) is 22.6 Å². The molecule has 1 N–H and O–H groups in total. The van der Waals surface area contributed by atoms with Crippen LogP contribution in [-0.4, -0.2) is 5.11 Å². The lowest BCUT2D eigenvalue weighted by molar-refractivity contribution is -0.597. The van der Waals surface area contributed by atoms with Gasteiger partial charge in [-0.05, 0) is 23.3 Å². The van der Waals surface area contributed by atoms with Gasteiger partial charge in [0.2, 0.25) is 5.69 Å². The Balaban J connectivity index is 1.82. The zero-order valence-electron chi connectivity index (χ0n) is 11.0. The Labute approximate surface area is 117 Å². The molecule has 4 rings (SSSR count). The molecule has 0 spiro atoms. The third-order valence-electron chi connectivity index (χ3n) is 3.84. The maximum Gasteiger partial charge on any atom is 0.214 e. The first-order valence-corrected chi connectivity index (χ1v) is 6.73. The molecule has 0 fully saturated rings. The normalized spacial score (nSPS) is 12.0. The number of aromatic nitrogens is 1. The van der Waals surface area contributed by atoms with Crippen LogP contribution in [0, 0.1) is 0 Å². The Hall–Kier alpha value is -2.61. The number of fused-ring (bicyclic) bond motifs is 3. The third kappa shape index (κ3) is 1.69. The summed E-state index contributed by atoms with van der Waals surface area (Å²) >= 11 is 0. The van der Waals surface area contributed by atoms with Crippen LogP contribution in [0.4, 0.5) is 0 Å². The zero-order chi connectivity index (χ0) is 13.5. The van der Waals surface area contributed by atoms with Crippen LogP contribution < -0.4 is 4.57 Å². The molecule has 0 unspecified atom stereocenters. The monoisotopic (exact) mass is 260 g/mol. The molecule has 0 aliphatic carbocycles. The van der Waals surface area contributed by atoms with Crippen molar-refractivity contribution in [2.24, 2.45) is 0 Å². The van der Waals surface area contributed by atoms with Crippen molar-refractivity contribution < 1.29 is 9.67 Å². The minimum atomic E-state index is 0.334. The van der Waals surface area contributed by atoms with Gasteiger partial charge in [-0.1, -0.05) is 30.3 Å². The van der Waals surface area contributed by atoms with Crippen LogP contribution in [0.1, 0.15) is 11.3 Å². The number of pyridine rings is 1. The maximum atomic E-state index is 9.60. The minimum absolute atomic E-state index is 0.334. The number of phenols is 1. The van der Waals surface area contributed by atoms with Gasteiger partial charge >= 0.3 is 0 Å². The first kappa shape index (κ1) is 11.2. The fourth-order valence-corrected chi connectivity index (χ4v) is 2.87. The van der Waals surface area contributed by atoms with E-state index in [-0.39, 0.29) is 0 Å². The van der Waals surface area contributed by atoms with Crippen LogP contribution in [0.3, 0.4) is 0 Å². The van der Waals surface area contributed by atoms with Gasteiger partial charge in [0.1, 0.15) is 5.75 Å². The van der Waals surface area contributed by atoms with Crippen LogP contribution in [-0.2, 0) is 6.42 Å². The number of hydrogen-bond donors (Lipinski definition) is 1. The van der Waals surface area contributed by atoms with Gasteiger partial charge in [-0.25, -0.2) is 0 Å². The Kier molecular flexibility index (Phi) is 2.36. The van der Waals surface area contributed by atoms with E-state index in [4.69, 9.17) is 0 Å². The molecule has 0 radical (unpaired) electrons. The van der Waals surface area contributed by atoms with Crippen molar-refractivity contribution in [3.05, 3.63) is 78.1 Å². The summed E-state index contributed by atoms with van der Waals surface area (Å²) in [6, 6.07) is 20.3. The van der Waals surface area contributed by atoms with E-state index in [9.17, 15) is 5.11 Å². The van der Waals surface area contributed by atoms with Gasteiger partial charge in [-0.2, -0.15) is 4.57 Å². The van der Waals surface area contributed by atoms with Gasteiger partial charge in [-0.3, -0.25) is 0 Å². The topological polar surface area (TPSA) is 24.1 Å². The molecular weight excluding hydrogens is 246 g/mol. The standard InChI is InChI=1S/C18H13NO/c20-17-6-7-18-15(12-17)11-16-10-14(8-9-19(16)18)13-4-2-1-3-5-13/h1-10,12H,11H2/p+1. The van der Waals surface area contributed by atoms with E-state index in [2.05, 4.69) is 47.2 Å². The number of nitrogens with zero attached hydrogens (tertiary/aromatic N) is 1. The van der Waals surface area contributed by atoms with Crippen molar-refractivity contribution in [1.82, 2.24) is 0 Å². The van der Waals surface area contributed by atoms with Crippen molar-refractivity contribution in [2.45, 2.75) is 6.42 Å². The number of phenolic OH excluding ortho intramolecular Hbond substituents is 1. The average molecular weight is 260 g/mol. The van der Waals surface area contributed by atoms with Gasteiger partial charge in [0.05, 0.1) is 6.42 Å². The van der Waals surface area contributed by atoms with Crippen LogP contribution in [0.15, 0.2) is 66.9 Å². The van der Waals surface area contributed by atoms with E-state index >= 15 is 0 Å². The van der Waals surface area contributed by atoms with Gasteiger partial charge in [0.15, 0.2) is 11.9 Å². The second-order valence-electron chi connectivity index (χ2n) is 5.13. The summed E-state index contributed by atoms with van der Waals surface area (Å²) < 4.78 is 2.20. The van der Waals surface area contributed by atoms with Crippen LogP contribution >= 0.6 is 0 Å². The number of aromatic hydroxyl groups is 1. The summed E-state index contributed by atoms with van der Waals surface area (Å²) in [7, 11) is 0. The molecule has 2 heteroatoms. The van der Waals surface area contributed by atoms with E-state index in [1.807, 2.05) is 18.2 Å². The summed E-state index contributed by atoms with van der Waals surface area (Å²) in [5.41, 5.74) is 6.06. The fourth-order valence-electron chi connectivity index (χ4n) is 2.87. The van der Waals surface area contributed by atoms with E-state index in [1.54, 1.807) is 6.07 Å². The predicted octanol–water partition coefficient (Wildman–Crippen LogP) is 3.24. The largest absolute Gasteiger partial charge is 0.508 e. The lowest BCUT2D eigenvalue weighted by Crippen LogP contribution is -2.30. The summed E-state index contributed by atoms with van der Waals surface area (Å²) in [5, 5.41) is 9.60. The molecule has 2 nitrogen and oxygen atoms in total. The molecular formula is C18H14NO+. The molecule has 0 bridgehead atoms. The molecule has 1 aromatic heterocycles. The molecule has 0 saturated carbocycles. The number of benzene rings is 2. The SMILES string of the molecule is Oc1ccc2c(c1)Cc1cc(-c3ccccc3)cc[n+]1-2. The molecule has 96 valence electrons. The maximum absolute atomic E-state index is 9.60. The third-order valence-corrected chi connectivity index (χ3v) is 3.84. The van der Waals surface area contributed by atoms with E-state index < -0.39 is 0 Å². The Morgan fingerprint density at radius 2 is 1.70 bits per heavy atom. The van der Waals surface area contributed by atoms with Crippen LogP contribution in [0.25, 0.3) is 16.8 Å². The molecule has 1 aliphatic rings. The highest BCUT2D eigenvalue weighted by molar-refractivity contribution is 5.63. The first-order chi connectivity index (χ1) is 9.81. The van der Waals surface area contributed by atoms with Gasteiger partial charge < -0.3 is 5.11 Å². The number of rotatable bonds is 1. The molecule has 0 saturated heterocycles. The van der Waals surface area contributed by atoms with Gasteiger partial charge in [-0.15, -0.1) is 0 Å². The Morgan fingerprint density at radius 3 is 2.55 bits per heavy atom. The first-order valence-electron chi connectivity index (χ1n) is 6.73. The summed E-state index contributed by atoms with van der Waals surface area (Å²) in [6.07, 6.45) is 2.98. The lowest BCUT2D eigenvalue weighted by Gasteiger charge is -2.01. The molecule has 2 heterocycles. The van der Waals surface area contributed by atoms with E-state index in [0.29, 0.717) is 5.75 Å². The van der Waals surface area contributed by atoms with Crippen LogP contribution in [0.5, 0.6) is 5.75 Å². The molecule has 0 amide bonds. The zero-order valence-corrected chi connectivity index (χ0v) is 11.0. The molecule has 1 aliphatic heterocycles. The predicted molar refractivity (Wildman–Crippen MR) is 77.9 cm³/mol. The molecule has 2 aromatic carbocycles. The summed E-state index contributed by atoms with van der Waals surface area (Å²) in [6.45, 7) is 0. The molecule has 20 heavy (non-hydrogen) atoms. The summed E-state index contributed by atoms with van der Waals surface area (Å²) in [4.78, 5) is 0. The highest BCUT2D eigenvalue weighted by Gasteiger charge is 2.27. The highest BCUT2D eigenvalue weighted by atomic mass is 16.3. The van der Waals surface area contributed by atoms with Crippen molar-refractivity contribution >= 4 is 0 Å². The number of hydrogen-bond acceptors (Lipinski definition) is 1. The molecule has 0 atom stereocenters. The lowest BCUT2D eigenvalue weighted by atomic mass is 10.1. The van der Waals surface area contributed by atoms with Crippen molar-refractivity contribution in [1.29, 1.82) is 0 Å². The fraction of sp³-hybridized carbons (Fsp3) is 0.0556.